The fourth-order valence-electron chi connectivity index (χ4n) is 1.22. The molecule has 1 unspecified atom stereocenters. The van der Waals surface area contributed by atoms with E-state index in [9.17, 15) is 14.4 Å². The molecule has 45 heavy (non-hydrogen) atoms. The highest BCUT2D eigenvalue weighted by Gasteiger charge is 1.90. The van der Waals surface area contributed by atoms with Crippen LogP contribution >= 0.6 is 0 Å². The van der Waals surface area contributed by atoms with Gasteiger partial charge in [-0.2, -0.15) is 0 Å². The van der Waals surface area contributed by atoms with Gasteiger partial charge in [-0.25, -0.2) is 0 Å². The Kier molecular flexibility index (Phi) is 128. The van der Waals surface area contributed by atoms with Crippen LogP contribution in [0, 0.1) is 0 Å². The molecular weight excluding hydrogens is 596 g/mol. The maximum atomic E-state index is 10.3. The summed E-state index contributed by atoms with van der Waals surface area (Å²) in [5.74, 6) is -0.179. The highest BCUT2D eigenvalue weighted by atomic mass is 16.3. The molecule has 0 fully saturated rings. The first kappa shape index (κ1) is 69.0. The van der Waals surface area contributed by atoms with Crippen LogP contribution in [0.15, 0.2) is 4.99 Å². The third-order valence-corrected chi connectivity index (χ3v) is 2.58. The second kappa shape index (κ2) is 83.7. The van der Waals surface area contributed by atoms with Gasteiger partial charge in [0.25, 0.3) is 0 Å². The quantitative estimate of drug-likeness (QED) is 0.0427. The molecule has 0 heterocycles. The van der Waals surface area contributed by atoms with E-state index in [4.69, 9.17) is 48.5 Å². The van der Waals surface area contributed by atoms with E-state index in [0.29, 0.717) is 58.9 Å². The largest absolute Gasteiger partial charge is 0.412 e. The lowest BCUT2D eigenvalue weighted by atomic mass is 10.5. The van der Waals surface area contributed by atoms with Crippen molar-refractivity contribution in [1.29, 1.82) is 0 Å². The summed E-state index contributed by atoms with van der Waals surface area (Å²) >= 11 is 0. The molecule has 20 N–H and O–H groups in total. The van der Waals surface area contributed by atoms with E-state index in [1.807, 2.05) is 6.92 Å². The molecule has 3 amide bonds. The van der Waals surface area contributed by atoms with Crippen molar-refractivity contribution in [2.45, 2.75) is 61.6 Å². The third-order valence-electron chi connectivity index (χ3n) is 2.58. The highest BCUT2D eigenvalue weighted by Crippen LogP contribution is 1.65. The lowest BCUT2D eigenvalue weighted by Gasteiger charge is -2.02. The van der Waals surface area contributed by atoms with Crippen molar-refractivity contribution in [2.24, 2.45) is 33.7 Å². The minimum Gasteiger partial charge on any atom is -0.412 e. The number of nitrogens with two attached hydrogens (primary N) is 5. The first-order chi connectivity index (χ1) is 20.2. The van der Waals surface area contributed by atoms with Gasteiger partial charge < -0.3 is 75.4 Å². The molecule has 0 aromatic carbocycles. The zero-order valence-corrected chi connectivity index (χ0v) is 28.9. The molecule has 19 nitrogen and oxygen atoms in total. The van der Waals surface area contributed by atoms with Crippen LogP contribution in [0.1, 0.15) is 58.2 Å². The monoisotopic (exact) mass is 671 g/mol. The molecule has 0 saturated carbocycles. The minimum atomic E-state index is -0.427. The minimum absolute atomic E-state index is 0. The maximum Gasteiger partial charge on any atom is 0.216 e. The van der Waals surface area contributed by atoms with Gasteiger partial charge in [-0.3, -0.25) is 24.7 Å². The number of nitrogens with zero attached hydrogens (tertiary/aromatic N) is 1. The number of carbonyl (C=O) groups excluding carboxylic acids is 5. The Labute approximate surface area is 273 Å². The number of hydrogen-bond acceptors (Lipinski definition) is 14. The molecule has 0 aromatic heterocycles. The molecule has 0 aliphatic heterocycles. The van der Waals surface area contributed by atoms with E-state index in [-0.39, 0.29) is 38.1 Å². The molecular formula is C26H74N10O9. The van der Waals surface area contributed by atoms with Gasteiger partial charge in [0.1, 0.15) is 18.8 Å². The van der Waals surface area contributed by atoms with Crippen LogP contribution in [-0.2, 0) is 24.0 Å². The van der Waals surface area contributed by atoms with Crippen molar-refractivity contribution in [3.05, 3.63) is 0 Å². The predicted molar refractivity (Wildman–Crippen MR) is 188 cm³/mol. The number of aldehydes is 2. The summed E-state index contributed by atoms with van der Waals surface area (Å²) in [6, 6.07) is 0. The number of rotatable bonds is 11. The number of aliphatic hydroxyl groups excluding tert-OH is 2. The van der Waals surface area contributed by atoms with Gasteiger partial charge in [0.15, 0.2) is 0 Å². The Balaban J connectivity index is -0.0000000305. The van der Waals surface area contributed by atoms with Gasteiger partial charge in [0.2, 0.25) is 17.7 Å². The normalized spacial score (nSPS) is 8.42. The van der Waals surface area contributed by atoms with Gasteiger partial charge >= 0.3 is 0 Å². The molecule has 1 atom stereocenters. The summed E-state index contributed by atoms with van der Waals surface area (Å²) in [6.07, 6.45) is 2.83. The second-order valence-corrected chi connectivity index (χ2v) is 6.97. The van der Waals surface area contributed by atoms with Gasteiger partial charge in [-0.15, -0.1) is 0 Å². The first-order valence-electron chi connectivity index (χ1n) is 13.7. The molecule has 0 spiro atoms. The van der Waals surface area contributed by atoms with Crippen molar-refractivity contribution in [2.75, 3.05) is 72.1 Å². The maximum absolute atomic E-state index is 10.3. The number of hydrogen-bond donors (Lipinski definition) is 11. The Morgan fingerprint density at radius 3 is 1.11 bits per heavy atom. The average Bonchev–Trinajstić information content (AvgIpc) is 2.94. The lowest BCUT2D eigenvalue weighted by molar-refractivity contribution is -0.120. The summed E-state index contributed by atoms with van der Waals surface area (Å²) in [4.78, 5) is 52.0. The van der Waals surface area contributed by atoms with Gasteiger partial charge in [0, 0.05) is 89.1 Å². The summed E-state index contributed by atoms with van der Waals surface area (Å²) in [5.41, 5.74) is 25.1. The second-order valence-electron chi connectivity index (χ2n) is 6.97. The van der Waals surface area contributed by atoms with E-state index < -0.39 is 6.23 Å². The molecule has 0 saturated heterocycles. The Morgan fingerprint density at radius 2 is 1.00 bits per heavy atom. The lowest BCUT2D eigenvalue weighted by Crippen LogP contribution is -2.32. The van der Waals surface area contributed by atoms with Gasteiger partial charge in [-0.05, 0) is 40.8 Å². The Bertz CT molecular complexity index is 551. The molecule has 282 valence electrons. The molecule has 0 rings (SSSR count). The van der Waals surface area contributed by atoms with Crippen molar-refractivity contribution in [3.8, 4) is 0 Å². The molecule has 0 aliphatic carbocycles. The fraction of sp³-hybridized carbons (Fsp3) is 0.769. The third kappa shape index (κ3) is 243. The van der Waals surface area contributed by atoms with E-state index >= 15 is 0 Å². The van der Waals surface area contributed by atoms with Crippen LogP contribution in [0.25, 0.3) is 0 Å². The van der Waals surface area contributed by atoms with Crippen LogP contribution in [0.5, 0.6) is 0 Å². The van der Waals surface area contributed by atoms with E-state index in [2.05, 4.69) is 26.3 Å². The Morgan fingerprint density at radius 1 is 0.711 bits per heavy atom. The van der Waals surface area contributed by atoms with Crippen LogP contribution in [-0.4, -0.2) is 136 Å². The van der Waals surface area contributed by atoms with Crippen LogP contribution in [0.3, 0.4) is 0 Å². The van der Waals surface area contributed by atoms with Crippen molar-refractivity contribution in [1.82, 2.24) is 21.3 Å². The van der Waals surface area contributed by atoms with E-state index in [1.165, 1.54) is 34.6 Å². The van der Waals surface area contributed by atoms with Crippen LogP contribution < -0.4 is 49.9 Å². The molecule has 0 aromatic rings. The van der Waals surface area contributed by atoms with E-state index in [1.54, 1.807) is 20.1 Å². The first-order valence-corrected chi connectivity index (χ1v) is 13.7. The summed E-state index contributed by atoms with van der Waals surface area (Å²) < 4.78 is 0. The smallest absolute Gasteiger partial charge is 0.216 e. The number of amides is 3. The van der Waals surface area contributed by atoms with Gasteiger partial charge in [0.05, 0.1) is 6.54 Å². The van der Waals surface area contributed by atoms with Crippen LogP contribution in [0.2, 0.25) is 0 Å². The highest BCUT2D eigenvalue weighted by molar-refractivity contribution is 5.74. The number of carbonyl (C=O) groups is 5. The molecule has 0 aliphatic rings. The number of aliphatic hydroxyl groups is 2. The van der Waals surface area contributed by atoms with Gasteiger partial charge in [-0.1, -0.05) is 0 Å². The zero-order valence-electron chi connectivity index (χ0n) is 28.9. The van der Waals surface area contributed by atoms with Crippen molar-refractivity contribution >= 4 is 36.5 Å². The summed E-state index contributed by atoms with van der Waals surface area (Å²) in [5, 5.41) is 26.4. The summed E-state index contributed by atoms with van der Waals surface area (Å²) in [7, 11) is 0. The fourth-order valence-corrected chi connectivity index (χ4v) is 1.22. The SMILES string of the molecule is CC(=O)NCCN.CC(=O)NCCNC(C)=O.CC(O)NCCN.CC=NCCN.CC=O.CC=O.CCO.NCCN.O.O.[HH].[HH]. The number of aliphatic imine (C=N–C) groups is 1. The zero-order chi connectivity index (χ0) is 35.7. The standard InChI is InChI=1S/C6H12N2O2.C4H12N2O.C4H10N2O.C4H10N2.C2H8N2.C2H6O.2C2H4O.2H2O.2H2/c1-5(9)7-3-4-8-6(2)10;2*1-4(7)6-3-2-5;1-2-6-4-3-5;3-1-2-4;3*1-2-3;;;;/h3-4H2,1-2H3,(H,7,9)(H,8,10);4,6-7H,2-3,5H2,1H3;2-3,5H2,1H3,(H,6,7);2H,3-5H2,1H3;1-4H2;3H,2H2,1H3;2*2H,1H3;2*1H2;2*1H. The molecule has 0 radical (unpaired) electrons. The average molecular weight is 671 g/mol. The number of nitrogens with one attached hydrogen (secondary N) is 4. The van der Waals surface area contributed by atoms with Crippen LogP contribution in [0.4, 0.5) is 0 Å². The van der Waals surface area contributed by atoms with Crippen molar-refractivity contribution < 1.29 is 48.0 Å². The predicted octanol–water partition coefficient (Wildman–Crippen LogP) is -4.60. The molecule has 0 bridgehead atoms. The van der Waals surface area contributed by atoms with Crippen molar-refractivity contribution in [3.63, 3.8) is 0 Å². The van der Waals surface area contributed by atoms with E-state index in [0.717, 1.165) is 19.1 Å². The topological polar surface area (TPSA) is 379 Å². The summed E-state index contributed by atoms with van der Waals surface area (Å²) in [6.45, 7) is 18.7. The Hall–Kier alpha value is -2.98. The molecule has 19 heteroatoms.